The van der Waals surface area contributed by atoms with E-state index in [9.17, 15) is 5.21 Å². The lowest BCUT2D eigenvalue weighted by atomic mass is 9.44. The first-order valence-corrected chi connectivity index (χ1v) is 15.8. The highest BCUT2D eigenvalue weighted by Crippen LogP contribution is 2.66. The molecule has 4 saturated carbocycles. The third-order valence-electron chi connectivity index (χ3n) is 10.9. The second-order valence-electron chi connectivity index (χ2n) is 13.1. The van der Waals surface area contributed by atoms with Crippen LogP contribution in [0.5, 0.6) is 0 Å². The molecule has 4 nitrogen and oxygen atoms in total. The first-order chi connectivity index (χ1) is 14.5. The molecule has 4 fully saturated rings. The highest BCUT2D eigenvalue weighted by atomic mass is 28.4. The first kappa shape index (κ1) is 23.8. The lowest BCUT2D eigenvalue weighted by Crippen LogP contribution is -2.57. The van der Waals surface area contributed by atoms with Gasteiger partial charge in [-0.25, -0.2) is 0 Å². The number of fused-ring (bicyclic) bond motifs is 5. The van der Waals surface area contributed by atoms with Gasteiger partial charge in [0.05, 0.1) is 12.3 Å². The summed E-state index contributed by atoms with van der Waals surface area (Å²) in [5, 5.41) is 13.7. The van der Waals surface area contributed by atoms with Crippen LogP contribution in [0.3, 0.4) is 0 Å². The minimum Gasteiger partial charge on any atom is -0.414 e. The summed E-state index contributed by atoms with van der Waals surface area (Å²) in [4.78, 5) is 0. The van der Waals surface area contributed by atoms with Crippen molar-refractivity contribution < 1.29 is 14.4 Å². The van der Waals surface area contributed by atoms with Gasteiger partial charge in [-0.05, 0) is 105 Å². The van der Waals surface area contributed by atoms with Crippen molar-refractivity contribution in [2.45, 2.75) is 110 Å². The predicted molar refractivity (Wildman–Crippen MR) is 129 cm³/mol. The number of oxime groups is 1. The van der Waals surface area contributed by atoms with Crippen LogP contribution in [0.2, 0.25) is 18.1 Å². The minimum absolute atomic E-state index is 0.125. The number of ether oxygens (including phenoxy) is 1. The summed E-state index contributed by atoms with van der Waals surface area (Å²) in [6.07, 6.45) is 11.4. The fourth-order valence-corrected chi connectivity index (χ4v) is 9.61. The number of hydrogen-bond donors (Lipinski definition) is 1. The summed E-state index contributed by atoms with van der Waals surface area (Å²) < 4.78 is 12.9. The molecule has 4 aliphatic carbocycles. The molecule has 4 rings (SSSR count). The molecular formula is C26H47NO3Si. The van der Waals surface area contributed by atoms with Crippen LogP contribution in [0, 0.1) is 34.5 Å². The highest BCUT2D eigenvalue weighted by molar-refractivity contribution is 6.74. The SMILES string of the molecule is COC[C@]12CC[C@@H](O[Si](C)(C)C(C)(C)C)C[C@@H]1CC[C@@H]1[C@@H]2CC[C@]2(C)/C(=N/O)CC[C@@H]12. The fraction of sp³-hybridized carbons (Fsp3) is 0.962. The molecule has 0 aromatic heterocycles. The van der Waals surface area contributed by atoms with Crippen molar-refractivity contribution in [1.82, 2.24) is 0 Å². The normalized spacial score (nSPS) is 44.6. The monoisotopic (exact) mass is 449 g/mol. The van der Waals surface area contributed by atoms with E-state index in [0.29, 0.717) is 17.4 Å². The van der Waals surface area contributed by atoms with E-state index in [2.05, 4.69) is 45.9 Å². The third kappa shape index (κ3) is 3.75. The topological polar surface area (TPSA) is 51.0 Å². The molecule has 7 atom stereocenters. The van der Waals surface area contributed by atoms with Crippen molar-refractivity contribution in [3.8, 4) is 0 Å². The molecule has 0 aromatic carbocycles. The largest absolute Gasteiger partial charge is 0.414 e. The Bertz CT molecular complexity index is 701. The molecule has 31 heavy (non-hydrogen) atoms. The van der Waals surface area contributed by atoms with Crippen molar-refractivity contribution in [3.63, 3.8) is 0 Å². The first-order valence-electron chi connectivity index (χ1n) is 12.9. The van der Waals surface area contributed by atoms with Gasteiger partial charge in [-0.15, -0.1) is 0 Å². The predicted octanol–water partition coefficient (Wildman–Crippen LogP) is 6.88. The Morgan fingerprint density at radius 2 is 1.81 bits per heavy atom. The summed E-state index contributed by atoms with van der Waals surface area (Å²) in [6, 6.07) is 0. The van der Waals surface area contributed by atoms with E-state index in [1.54, 1.807) is 0 Å². The average Bonchev–Trinajstić information content (AvgIpc) is 3.03. The van der Waals surface area contributed by atoms with Gasteiger partial charge in [-0.2, -0.15) is 0 Å². The standard InChI is InChI=1S/C26H47NO3Si/c1-24(2,3)31(6,7)30-19-12-15-26(17-29-5)18(16-19)8-9-20-21-10-11-23(27-28)25(21,4)14-13-22(20)26/h18-22,28H,8-17H2,1-7H3/b27-23+/t18-,19+,20-,21-,22-,25-,26+/m0/s1. The number of nitrogens with zero attached hydrogens (tertiary/aromatic N) is 1. The van der Waals surface area contributed by atoms with Gasteiger partial charge in [0, 0.05) is 18.6 Å². The second-order valence-corrected chi connectivity index (χ2v) is 17.9. The molecule has 0 aliphatic heterocycles. The molecule has 0 amide bonds. The maximum Gasteiger partial charge on any atom is 0.192 e. The van der Waals surface area contributed by atoms with Crippen LogP contribution in [0.1, 0.15) is 85.5 Å². The van der Waals surface area contributed by atoms with Crippen molar-refractivity contribution in [1.29, 1.82) is 0 Å². The van der Waals surface area contributed by atoms with Crippen LogP contribution in [-0.4, -0.2) is 39.1 Å². The van der Waals surface area contributed by atoms with Crippen LogP contribution in [0.25, 0.3) is 0 Å². The van der Waals surface area contributed by atoms with E-state index in [-0.39, 0.29) is 10.5 Å². The zero-order chi connectivity index (χ0) is 22.7. The summed E-state index contributed by atoms with van der Waals surface area (Å²) in [5.74, 6) is 2.94. The molecule has 0 saturated heterocycles. The fourth-order valence-electron chi connectivity index (χ4n) is 8.21. The van der Waals surface area contributed by atoms with Crippen LogP contribution in [0.4, 0.5) is 0 Å². The van der Waals surface area contributed by atoms with Gasteiger partial charge >= 0.3 is 0 Å². The molecule has 5 heteroatoms. The Kier molecular flexibility index (Phi) is 6.23. The van der Waals surface area contributed by atoms with Crippen molar-refractivity contribution in [3.05, 3.63) is 0 Å². The van der Waals surface area contributed by atoms with Crippen LogP contribution in [-0.2, 0) is 9.16 Å². The van der Waals surface area contributed by atoms with E-state index in [0.717, 1.165) is 36.5 Å². The summed E-state index contributed by atoms with van der Waals surface area (Å²) in [7, 11) is 0.176. The number of methoxy groups -OCH3 is 1. The van der Waals surface area contributed by atoms with Gasteiger partial charge < -0.3 is 14.4 Å². The molecule has 4 aliphatic rings. The Labute approximate surface area is 191 Å². The maximum atomic E-state index is 9.62. The smallest absolute Gasteiger partial charge is 0.192 e. The Morgan fingerprint density at radius 3 is 2.45 bits per heavy atom. The van der Waals surface area contributed by atoms with Crippen LogP contribution in [0.15, 0.2) is 5.16 Å². The van der Waals surface area contributed by atoms with Gasteiger partial charge in [-0.3, -0.25) is 0 Å². The zero-order valence-corrected chi connectivity index (χ0v) is 22.2. The second kappa shape index (κ2) is 8.13. The number of hydrogen-bond acceptors (Lipinski definition) is 4. The summed E-state index contributed by atoms with van der Waals surface area (Å²) >= 11 is 0. The molecule has 0 bridgehead atoms. The van der Waals surface area contributed by atoms with Crippen molar-refractivity contribution in [2.75, 3.05) is 13.7 Å². The third-order valence-corrected chi connectivity index (χ3v) is 15.4. The molecule has 0 radical (unpaired) electrons. The Balaban J connectivity index is 1.55. The quantitative estimate of drug-likeness (QED) is 0.289. The van der Waals surface area contributed by atoms with Gasteiger partial charge in [0.25, 0.3) is 0 Å². The Morgan fingerprint density at radius 1 is 1.06 bits per heavy atom. The van der Waals surface area contributed by atoms with E-state index in [1.165, 1.54) is 51.4 Å². The average molecular weight is 450 g/mol. The van der Waals surface area contributed by atoms with Crippen molar-refractivity contribution >= 4 is 14.0 Å². The molecule has 178 valence electrons. The van der Waals surface area contributed by atoms with Crippen molar-refractivity contribution in [2.24, 2.45) is 39.7 Å². The number of rotatable bonds is 4. The van der Waals surface area contributed by atoms with E-state index >= 15 is 0 Å². The van der Waals surface area contributed by atoms with Gasteiger partial charge in [0.1, 0.15) is 0 Å². The summed E-state index contributed by atoms with van der Waals surface area (Å²) in [6.45, 7) is 15.2. The molecule has 0 heterocycles. The van der Waals surface area contributed by atoms with Gasteiger partial charge in [0.15, 0.2) is 8.32 Å². The Hall–Kier alpha value is -0.393. The maximum absolute atomic E-state index is 9.62. The van der Waals surface area contributed by atoms with E-state index < -0.39 is 8.32 Å². The van der Waals surface area contributed by atoms with Crippen LogP contribution < -0.4 is 0 Å². The van der Waals surface area contributed by atoms with E-state index in [4.69, 9.17) is 9.16 Å². The van der Waals surface area contributed by atoms with Gasteiger partial charge in [0.2, 0.25) is 0 Å². The summed E-state index contributed by atoms with van der Waals surface area (Å²) in [5.41, 5.74) is 1.52. The molecule has 1 N–H and O–H groups in total. The van der Waals surface area contributed by atoms with Gasteiger partial charge in [-0.1, -0.05) is 32.9 Å². The lowest BCUT2D eigenvalue weighted by molar-refractivity contribution is -0.148. The van der Waals surface area contributed by atoms with E-state index in [1.807, 2.05) is 7.11 Å². The molecule has 0 aromatic rings. The molecule has 0 spiro atoms. The molecular weight excluding hydrogens is 402 g/mol. The lowest BCUT2D eigenvalue weighted by Gasteiger charge is -2.61. The zero-order valence-electron chi connectivity index (χ0n) is 21.2. The molecule has 0 unspecified atom stereocenters. The van der Waals surface area contributed by atoms with Crippen LogP contribution >= 0.6 is 0 Å². The highest BCUT2D eigenvalue weighted by Gasteiger charge is 2.61. The minimum atomic E-state index is -1.73.